The van der Waals surface area contributed by atoms with Gasteiger partial charge in [-0.3, -0.25) is 9.69 Å². The molecule has 156 valence electrons. The fourth-order valence-corrected chi connectivity index (χ4v) is 4.38. The molecule has 0 aliphatic carbocycles. The molecule has 1 aromatic carbocycles. The second-order valence-electron chi connectivity index (χ2n) is 7.54. The molecule has 31 heavy (non-hydrogen) atoms. The van der Waals surface area contributed by atoms with Crippen LogP contribution in [0.15, 0.2) is 48.0 Å². The average Bonchev–Trinajstić information content (AvgIpc) is 3.28. The number of urea groups is 1. The molecular weight excluding hydrogens is 412 g/mol. The van der Waals surface area contributed by atoms with Crippen LogP contribution in [0, 0.1) is 11.3 Å². The first kappa shape index (κ1) is 20.5. The predicted octanol–water partition coefficient (Wildman–Crippen LogP) is 3.49. The summed E-state index contributed by atoms with van der Waals surface area (Å²) in [4.78, 5) is 35.2. The number of aromatic nitrogens is 2. The predicted molar refractivity (Wildman–Crippen MR) is 118 cm³/mol. The van der Waals surface area contributed by atoms with Gasteiger partial charge in [0, 0.05) is 30.2 Å². The molecule has 1 aliphatic rings. The van der Waals surface area contributed by atoms with Gasteiger partial charge in [-0.25, -0.2) is 14.8 Å². The highest BCUT2D eigenvalue weighted by atomic mass is 32.1. The minimum atomic E-state index is -0.890. The van der Waals surface area contributed by atoms with Crippen molar-refractivity contribution in [1.29, 1.82) is 5.26 Å². The van der Waals surface area contributed by atoms with Crippen molar-refractivity contribution in [3.63, 3.8) is 0 Å². The van der Waals surface area contributed by atoms with Gasteiger partial charge in [0.15, 0.2) is 0 Å². The third kappa shape index (κ3) is 3.98. The van der Waals surface area contributed by atoms with E-state index in [9.17, 15) is 14.9 Å². The van der Waals surface area contributed by atoms with Gasteiger partial charge in [0.25, 0.3) is 5.91 Å². The van der Waals surface area contributed by atoms with Crippen molar-refractivity contribution in [1.82, 2.24) is 20.2 Å². The van der Waals surface area contributed by atoms with Crippen LogP contribution in [0.4, 0.5) is 10.7 Å². The first-order valence-corrected chi connectivity index (χ1v) is 10.6. The number of carbonyl (C=O) groups is 2. The molecule has 3 heterocycles. The van der Waals surface area contributed by atoms with Crippen molar-refractivity contribution in [3.05, 3.63) is 53.5 Å². The number of hydrogen-bond donors (Lipinski definition) is 2. The van der Waals surface area contributed by atoms with E-state index in [1.54, 1.807) is 26.1 Å². The minimum absolute atomic E-state index is 0.203. The number of thiophene rings is 1. The summed E-state index contributed by atoms with van der Waals surface area (Å²) < 4.78 is 0. The molecule has 1 aliphatic heterocycles. The van der Waals surface area contributed by atoms with E-state index in [4.69, 9.17) is 0 Å². The molecule has 0 atom stereocenters. The summed E-state index contributed by atoms with van der Waals surface area (Å²) in [7, 11) is 0. The van der Waals surface area contributed by atoms with Gasteiger partial charge >= 0.3 is 6.03 Å². The normalized spacial score (nSPS) is 14.9. The Labute approximate surface area is 183 Å². The zero-order valence-electron chi connectivity index (χ0n) is 17.0. The highest BCUT2D eigenvalue weighted by Gasteiger charge is 2.43. The number of nitrogens with one attached hydrogen (secondary N) is 2. The maximum atomic E-state index is 12.3. The van der Waals surface area contributed by atoms with Crippen LogP contribution in [0.25, 0.3) is 21.7 Å². The van der Waals surface area contributed by atoms with Crippen LogP contribution in [0.1, 0.15) is 19.4 Å². The quantitative estimate of drug-likeness (QED) is 0.577. The van der Waals surface area contributed by atoms with Crippen LogP contribution >= 0.6 is 11.3 Å². The standard InChI is InChI=1S/C22H20N6O2S/c1-22(2)19(29)28(21(30)27-22)11-10-25-20-24-9-8-16(26-20)18-17(15(12-23)13-31-18)14-6-4-3-5-7-14/h3-9,13H,10-11H2,1-2H3,(H,27,30)(H,24,25,26). The van der Waals surface area contributed by atoms with E-state index in [0.29, 0.717) is 23.8 Å². The van der Waals surface area contributed by atoms with Crippen molar-refractivity contribution >= 4 is 29.2 Å². The Hall–Kier alpha value is -3.77. The topological polar surface area (TPSA) is 111 Å². The van der Waals surface area contributed by atoms with Crippen molar-refractivity contribution in [2.75, 3.05) is 18.4 Å². The van der Waals surface area contributed by atoms with E-state index in [0.717, 1.165) is 16.0 Å². The first-order valence-electron chi connectivity index (χ1n) is 9.69. The Morgan fingerprint density at radius 2 is 2.00 bits per heavy atom. The monoisotopic (exact) mass is 432 g/mol. The smallest absolute Gasteiger partial charge is 0.325 e. The van der Waals surface area contributed by atoms with Gasteiger partial charge < -0.3 is 10.6 Å². The molecule has 1 saturated heterocycles. The largest absolute Gasteiger partial charge is 0.352 e. The molecule has 3 aromatic rings. The van der Waals surface area contributed by atoms with E-state index >= 15 is 0 Å². The maximum Gasteiger partial charge on any atom is 0.325 e. The molecular formula is C22H20N6O2S. The van der Waals surface area contributed by atoms with E-state index < -0.39 is 11.6 Å². The zero-order chi connectivity index (χ0) is 22.0. The number of rotatable bonds is 6. The Bertz CT molecular complexity index is 1180. The van der Waals surface area contributed by atoms with Gasteiger partial charge in [-0.2, -0.15) is 5.26 Å². The van der Waals surface area contributed by atoms with Crippen LogP contribution in [-0.4, -0.2) is 45.4 Å². The first-order chi connectivity index (χ1) is 14.9. The number of amides is 3. The van der Waals surface area contributed by atoms with Crippen molar-refractivity contribution in [2.24, 2.45) is 0 Å². The second kappa shape index (κ2) is 8.16. The van der Waals surface area contributed by atoms with E-state index in [-0.39, 0.29) is 12.5 Å². The number of benzene rings is 1. The van der Waals surface area contributed by atoms with Gasteiger partial charge in [0.2, 0.25) is 5.95 Å². The molecule has 3 amide bonds. The number of nitrogens with zero attached hydrogens (tertiary/aromatic N) is 4. The lowest BCUT2D eigenvalue weighted by Crippen LogP contribution is -2.40. The van der Waals surface area contributed by atoms with Gasteiger partial charge in [-0.05, 0) is 25.5 Å². The molecule has 0 bridgehead atoms. The average molecular weight is 433 g/mol. The highest BCUT2D eigenvalue weighted by Crippen LogP contribution is 2.39. The lowest BCUT2D eigenvalue weighted by molar-refractivity contribution is -0.130. The maximum absolute atomic E-state index is 12.3. The number of carbonyl (C=O) groups excluding carboxylic acids is 2. The minimum Gasteiger partial charge on any atom is -0.352 e. The SMILES string of the molecule is CC1(C)NC(=O)N(CCNc2nccc(-c3scc(C#N)c3-c3ccccc3)n2)C1=O. The summed E-state index contributed by atoms with van der Waals surface area (Å²) in [6.07, 6.45) is 1.64. The molecule has 4 rings (SSSR count). The zero-order valence-corrected chi connectivity index (χ0v) is 17.9. The van der Waals surface area contributed by atoms with E-state index in [2.05, 4.69) is 26.7 Å². The highest BCUT2D eigenvalue weighted by molar-refractivity contribution is 7.14. The number of hydrogen-bond acceptors (Lipinski definition) is 7. The third-order valence-corrected chi connectivity index (χ3v) is 5.93. The number of nitriles is 1. The lowest BCUT2D eigenvalue weighted by Gasteiger charge is -2.16. The molecule has 1 fully saturated rings. The molecule has 2 aromatic heterocycles. The lowest BCUT2D eigenvalue weighted by atomic mass is 10.0. The Morgan fingerprint density at radius 3 is 2.68 bits per heavy atom. The van der Waals surface area contributed by atoms with Crippen LogP contribution in [-0.2, 0) is 4.79 Å². The molecule has 8 nitrogen and oxygen atoms in total. The summed E-state index contributed by atoms with van der Waals surface area (Å²) in [6, 6.07) is 13.4. The van der Waals surface area contributed by atoms with Crippen LogP contribution in [0.2, 0.25) is 0 Å². The van der Waals surface area contributed by atoms with Crippen LogP contribution in [0.3, 0.4) is 0 Å². The van der Waals surface area contributed by atoms with Gasteiger partial charge in [-0.15, -0.1) is 11.3 Å². The molecule has 0 spiro atoms. The second-order valence-corrected chi connectivity index (χ2v) is 8.42. The van der Waals surface area contributed by atoms with E-state index in [1.165, 1.54) is 16.2 Å². The summed E-state index contributed by atoms with van der Waals surface area (Å²) >= 11 is 1.46. The molecule has 0 unspecified atom stereocenters. The molecule has 0 saturated carbocycles. The van der Waals surface area contributed by atoms with Gasteiger partial charge in [0.05, 0.1) is 16.1 Å². The number of imide groups is 1. The fraction of sp³-hybridized carbons (Fsp3) is 0.227. The summed E-state index contributed by atoms with van der Waals surface area (Å²) in [5, 5.41) is 17.1. The van der Waals surface area contributed by atoms with Crippen LogP contribution < -0.4 is 10.6 Å². The van der Waals surface area contributed by atoms with Crippen molar-refractivity contribution < 1.29 is 9.59 Å². The van der Waals surface area contributed by atoms with Crippen LogP contribution in [0.5, 0.6) is 0 Å². The van der Waals surface area contributed by atoms with Gasteiger partial charge in [0.1, 0.15) is 11.6 Å². The summed E-state index contributed by atoms with van der Waals surface area (Å²) in [6.45, 7) is 3.87. The Kier molecular flexibility index (Phi) is 5.40. The fourth-order valence-electron chi connectivity index (χ4n) is 3.39. The summed E-state index contributed by atoms with van der Waals surface area (Å²) in [5.74, 6) is 0.124. The number of anilines is 1. The summed E-state index contributed by atoms with van der Waals surface area (Å²) in [5.41, 5.74) is 2.20. The van der Waals surface area contributed by atoms with Crippen molar-refractivity contribution in [2.45, 2.75) is 19.4 Å². The van der Waals surface area contributed by atoms with Gasteiger partial charge in [-0.1, -0.05) is 30.3 Å². The Morgan fingerprint density at radius 1 is 1.23 bits per heavy atom. The molecule has 0 radical (unpaired) electrons. The molecule has 9 heteroatoms. The molecule has 2 N–H and O–H groups in total. The Balaban J connectivity index is 1.53. The van der Waals surface area contributed by atoms with E-state index in [1.807, 2.05) is 35.7 Å². The van der Waals surface area contributed by atoms with Crippen molar-refractivity contribution in [3.8, 4) is 27.8 Å². The third-order valence-electron chi connectivity index (χ3n) is 4.93.